The summed E-state index contributed by atoms with van der Waals surface area (Å²) in [5.41, 5.74) is 9.75. The Morgan fingerprint density at radius 3 is 2.61 bits per heavy atom. The molecule has 2 N–H and O–H groups in total. The normalized spacial score (nSPS) is 12.6. The van der Waals surface area contributed by atoms with Crippen LogP contribution >= 0.6 is 0 Å². The van der Waals surface area contributed by atoms with Gasteiger partial charge in [-0.3, -0.25) is 4.68 Å². The van der Waals surface area contributed by atoms with Gasteiger partial charge in [0.05, 0.1) is 5.69 Å². The third-order valence-electron chi connectivity index (χ3n) is 3.37. The molecule has 0 radical (unpaired) electrons. The molecule has 1 heterocycles. The van der Waals surface area contributed by atoms with E-state index in [1.165, 1.54) is 11.1 Å². The fraction of sp³-hybridized carbons (Fsp3) is 0.400. The van der Waals surface area contributed by atoms with Crippen LogP contribution in [-0.2, 0) is 19.9 Å². The van der Waals surface area contributed by atoms with Crippen molar-refractivity contribution in [1.82, 2.24) is 9.78 Å². The number of nitrogens with two attached hydrogens (primary N) is 1. The van der Waals surface area contributed by atoms with Crippen LogP contribution in [-0.4, -0.2) is 16.3 Å². The SMILES string of the molecule is Cc1ccccc1CC(CN)Cc1ccn(C)n1. The predicted molar refractivity (Wildman–Crippen MR) is 74.3 cm³/mol. The van der Waals surface area contributed by atoms with Crippen LogP contribution < -0.4 is 5.73 Å². The summed E-state index contributed by atoms with van der Waals surface area (Å²) in [6.45, 7) is 2.86. The third-order valence-corrected chi connectivity index (χ3v) is 3.37. The molecule has 0 aliphatic rings. The van der Waals surface area contributed by atoms with Crippen molar-refractivity contribution in [3.8, 4) is 0 Å². The molecule has 96 valence electrons. The van der Waals surface area contributed by atoms with E-state index in [-0.39, 0.29) is 0 Å². The standard InChI is InChI=1S/C15H21N3/c1-12-5-3-4-6-14(12)9-13(11-16)10-15-7-8-18(2)17-15/h3-8,13H,9-11,16H2,1-2H3. The summed E-state index contributed by atoms with van der Waals surface area (Å²) in [5, 5.41) is 4.42. The highest BCUT2D eigenvalue weighted by molar-refractivity contribution is 5.26. The maximum atomic E-state index is 5.89. The minimum Gasteiger partial charge on any atom is -0.330 e. The molecule has 3 nitrogen and oxygen atoms in total. The van der Waals surface area contributed by atoms with E-state index in [2.05, 4.69) is 42.4 Å². The molecular weight excluding hydrogens is 222 g/mol. The zero-order valence-electron chi connectivity index (χ0n) is 11.1. The van der Waals surface area contributed by atoms with Crippen molar-refractivity contribution in [1.29, 1.82) is 0 Å². The van der Waals surface area contributed by atoms with Crippen LogP contribution in [0.4, 0.5) is 0 Å². The molecule has 0 amide bonds. The third kappa shape index (κ3) is 3.20. The Morgan fingerprint density at radius 2 is 2.00 bits per heavy atom. The summed E-state index contributed by atoms with van der Waals surface area (Å²) in [6.07, 6.45) is 3.96. The molecular formula is C15H21N3. The van der Waals surface area contributed by atoms with Gasteiger partial charge >= 0.3 is 0 Å². The second kappa shape index (κ2) is 5.83. The van der Waals surface area contributed by atoms with Crippen LogP contribution in [0.2, 0.25) is 0 Å². The lowest BCUT2D eigenvalue weighted by Crippen LogP contribution is -2.20. The molecule has 0 aliphatic carbocycles. The fourth-order valence-electron chi connectivity index (χ4n) is 2.26. The lowest BCUT2D eigenvalue weighted by Gasteiger charge is -2.15. The molecule has 1 unspecified atom stereocenters. The van der Waals surface area contributed by atoms with Crippen molar-refractivity contribution in [2.45, 2.75) is 19.8 Å². The Hall–Kier alpha value is -1.61. The van der Waals surface area contributed by atoms with Crippen molar-refractivity contribution in [2.24, 2.45) is 18.7 Å². The highest BCUT2D eigenvalue weighted by Gasteiger charge is 2.11. The number of nitrogens with zero attached hydrogens (tertiary/aromatic N) is 2. The van der Waals surface area contributed by atoms with E-state index in [0.717, 1.165) is 18.5 Å². The van der Waals surface area contributed by atoms with Crippen molar-refractivity contribution < 1.29 is 0 Å². The predicted octanol–water partition coefficient (Wildman–Crippen LogP) is 2.09. The Morgan fingerprint density at radius 1 is 1.22 bits per heavy atom. The van der Waals surface area contributed by atoms with E-state index in [9.17, 15) is 0 Å². The highest BCUT2D eigenvalue weighted by atomic mass is 15.2. The van der Waals surface area contributed by atoms with Crippen LogP contribution in [0.5, 0.6) is 0 Å². The maximum absolute atomic E-state index is 5.89. The first-order valence-corrected chi connectivity index (χ1v) is 6.42. The minimum atomic E-state index is 0.459. The molecule has 3 heteroatoms. The number of hydrogen-bond acceptors (Lipinski definition) is 2. The summed E-state index contributed by atoms with van der Waals surface area (Å²) in [7, 11) is 1.95. The van der Waals surface area contributed by atoms with Gasteiger partial charge in [-0.05, 0) is 49.4 Å². The van der Waals surface area contributed by atoms with E-state index in [1.807, 2.05) is 17.9 Å². The average molecular weight is 243 g/mol. The lowest BCUT2D eigenvalue weighted by molar-refractivity contribution is 0.521. The summed E-state index contributed by atoms with van der Waals surface area (Å²) >= 11 is 0. The van der Waals surface area contributed by atoms with Crippen molar-refractivity contribution in [3.05, 3.63) is 53.3 Å². The van der Waals surface area contributed by atoms with Gasteiger partial charge in [0.2, 0.25) is 0 Å². The zero-order valence-corrected chi connectivity index (χ0v) is 11.1. The van der Waals surface area contributed by atoms with E-state index in [0.29, 0.717) is 12.5 Å². The molecule has 0 aliphatic heterocycles. The Bertz CT molecular complexity index is 502. The highest BCUT2D eigenvalue weighted by Crippen LogP contribution is 2.15. The molecule has 2 aromatic rings. The van der Waals surface area contributed by atoms with Crippen LogP contribution in [0.25, 0.3) is 0 Å². The van der Waals surface area contributed by atoms with Crippen LogP contribution in [0.1, 0.15) is 16.8 Å². The van der Waals surface area contributed by atoms with Crippen molar-refractivity contribution in [3.63, 3.8) is 0 Å². The zero-order chi connectivity index (χ0) is 13.0. The fourth-order valence-corrected chi connectivity index (χ4v) is 2.26. The molecule has 0 spiro atoms. The van der Waals surface area contributed by atoms with E-state index < -0.39 is 0 Å². The van der Waals surface area contributed by atoms with Gasteiger partial charge in [-0.15, -0.1) is 0 Å². The summed E-state index contributed by atoms with van der Waals surface area (Å²) < 4.78 is 1.84. The summed E-state index contributed by atoms with van der Waals surface area (Å²) in [6, 6.07) is 10.6. The number of benzene rings is 1. The van der Waals surface area contributed by atoms with E-state index >= 15 is 0 Å². The molecule has 18 heavy (non-hydrogen) atoms. The van der Waals surface area contributed by atoms with Gasteiger partial charge in [0.25, 0.3) is 0 Å². The molecule has 1 atom stereocenters. The second-order valence-electron chi connectivity index (χ2n) is 4.92. The molecule has 2 rings (SSSR count). The van der Waals surface area contributed by atoms with Gasteiger partial charge in [0, 0.05) is 13.2 Å². The van der Waals surface area contributed by atoms with Gasteiger partial charge in [0.15, 0.2) is 0 Å². The quantitative estimate of drug-likeness (QED) is 0.874. The Labute approximate surface area is 109 Å². The van der Waals surface area contributed by atoms with E-state index in [1.54, 1.807) is 0 Å². The summed E-state index contributed by atoms with van der Waals surface area (Å²) in [4.78, 5) is 0. The molecule has 1 aromatic carbocycles. The first kappa shape index (κ1) is 12.8. The molecule has 0 saturated carbocycles. The molecule has 0 fully saturated rings. The van der Waals surface area contributed by atoms with Crippen LogP contribution in [0, 0.1) is 12.8 Å². The first-order chi connectivity index (χ1) is 8.69. The Kier molecular flexibility index (Phi) is 4.15. The van der Waals surface area contributed by atoms with E-state index in [4.69, 9.17) is 5.73 Å². The Balaban J connectivity index is 2.04. The first-order valence-electron chi connectivity index (χ1n) is 6.42. The largest absolute Gasteiger partial charge is 0.330 e. The van der Waals surface area contributed by atoms with Crippen molar-refractivity contribution in [2.75, 3.05) is 6.54 Å². The van der Waals surface area contributed by atoms with Gasteiger partial charge in [-0.2, -0.15) is 5.10 Å². The smallest absolute Gasteiger partial charge is 0.0627 e. The van der Waals surface area contributed by atoms with Gasteiger partial charge in [-0.1, -0.05) is 24.3 Å². The molecule has 0 bridgehead atoms. The van der Waals surface area contributed by atoms with Crippen molar-refractivity contribution >= 4 is 0 Å². The van der Waals surface area contributed by atoms with Gasteiger partial charge in [-0.25, -0.2) is 0 Å². The van der Waals surface area contributed by atoms with Crippen LogP contribution in [0.15, 0.2) is 36.5 Å². The minimum absolute atomic E-state index is 0.459. The van der Waals surface area contributed by atoms with Gasteiger partial charge in [0.1, 0.15) is 0 Å². The molecule has 0 saturated heterocycles. The second-order valence-corrected chi connectivity index (χ2v) is 4.92. The van der Waals surface area contributed by atoms with Crippen LogP contribution in [0.3, 0.4) is 0 Å². The molecule has 1 aromatic heterocycles. The topological polar surface area (TPSA) is 43.8 Å². The lowest BCUT2D eigenvalue weighted by atomic mass is 9.93. The number of hydrogen-bond donors (Lipinski definition) is 1. The average Bonchev–Trinajstić information content (AvgIpc) is 2.76. The maximum Gasteiger partial charge on any atom is 0.0627 e. The number of aryl methyl sites for hydroxylation is 2. The van der Waals surface area contributed by atoms with Gasteiger partial charge < -0.3 is 5.73 Å². The number of aromatic nitrogens is 2. The monoisotopic (exact) mass is 243 g/mol. The summed E-state index contributed by atoms with van der Waals surface area (Å²) in [5.74, 6) is 0.459. The number of rotatable bonds is 5.